The third kappa shape index (κ3) is 3.69. The maximum Gasteiger partial charge on any atom is 0.307 e. The van der Waals surface area contributed by atoms with Gasteiger partial charge in [0.25, 0.3) is 0 Å². The van der Waals surface area contributed by atoms with Crippen molar-refractivity contribution in [1.82, 2.24) is 4.57 Å². The molecule has 1 N–H and O–H groups in total. The predicted octanol–water partition coefficient (Wildman–Crippen LogP) is 3.22. The third-order valence-corrected chi connectivity index (χ3v) is 4.58. The van der Waals surface area contributed by atoms with Crippen LogP contribution in [-0.4, -0.2) is 17.6 Å². The number of nitrogens with zero attached hydrogens (tertiary/aromatic N) is 1. The highest BCUT2D eigenvalue weighted by atomic mass is 35.5. The van der Waals surface area contributed by atoms with Crippen LogP contribution >= 0.6 is 22.9 Å². The van der Waals surface area contributed by atoms with Crippen molar-refractivity contribution in [2.45, 2.75) is 26.8 Å². The van der Waals surface area contributed by atoms with Gasteiger partial charge in [-0.3, -0.25) is 9.59 Å². The van der Waals surface area contributed by atoms with E-state index in [9.17, 15) is 9.59 Å². The molecule has 5 nitrogen and oxygen atoms in total. The molecule has 1 amide bonds. The smallest absolute Gasteiger partial charge is 0.307 e. The van der Waals surface area contributed by atoms with Crippen LogP contribution in [0, 0.1) is 13.8 Å². The Hall–Kier alpha value is -1.79. The van der Waals surface area contributed by atoms with Crippen molar-refractivity contribution in [3.63, 3.8) is 0 Å². The van der Waals surface area contributed by atoms with E-state index in [0.717, 1.165) is 22.6 Å². The SMILES string of the molecule is COc1cc(Cl)c(C)cc1NC(=O)CCn1c(C)csc1=O. The molecular formula is C15H17ClN2O3S. The van der Waals surface area contributed by atoms with E-state index in [4.69, 9.17) is 16.3 Å². The molecule has 0 aliphatic heterocycles. The highest BCUT2D eigenvalue weighted by molar-refractivity contribution is 7.07. The molecule has 0 radical (unpaired) electrons. The first kappa shape index (κ1) is 16.6. The summed E-state index contributed by atoms with van der Waals surface area (Å²) >= 11 is 7.17. The third-order valence-electron chi connectivity index (χ3n) is 3.29. The van der Waals surface area contributed by atoms with Crippen LogP contribution in [0.3, 0.4) is 0 Å². The standard InChI is InChI=1S/C15H17ClN2O3S/c1-9-6-12(13(21-3)7-11(9)16)17-14(19)4-5-18-10(2)8-22-15(18)20/h6-8H,4-5H2,1-3H3,(H,17,19). The number of nitrogens with one attached hydrogen (secondary N) is 1. The fourth-order valence-corrected chi connectivity index (χ4v) is 2.95. The Morgan fingerprint density at radius 1 is 1.41 bits per heavy atom. The number of anilines is 1. The second-order valence-corrected chi connectivity index (χ2v) is 6.12. The second kappa shape index (κ2) is 6.98. The van der Waals surface area contributed by atoms with Gasteiger partial charge >= 0.3 is 4.87 Å². The number of aryl methyl sites for hydroxylation is 2. The lowest BCUT2D eigenvalue weighted by Gasteiger charge is -2.12. The number of aromatic nitrogens is 1. The first-order valence-electron chi connectivity index (χ1n) is 6.71. The molecule has 0 unspecified atom stereocenters. The summed E-state index contributed by atoms with van der Waals surface area (Å²) in [4.78, 5) is 23.6. The number of hydrogen-bond donors (Lipinski definition) is 1. The lowest BCUT2D eigenvalue weighted by molar-refractivity contribution is -0.116. The van der Waals surface area contributed by atoms with Gasteiger partial charge in [-0.1, -0.05) is 22.9 Å². The Kier molecular flexibility index (Phi) is 5.26. The van der Waals surface area contributed by atoms with Gasteiger partial charge in [0.1, 0.15) is 5.75 Å². The minimum atomic E-state index is -0.183. The van der Waals surface area contributed by atoms with Gasteiger partial charge in [0.2, 0.25) is 5.91 Å². The van der Waals surface area contributed by atoms with E-state index in [1.807, 2.05) is 13.8 Å². The van der Waals surface area contributed by atoms with Crippen molar-refractivity contribution in [3.05, 3.63) is 43.5 Å². The Labute approximate surface area is 137 Å². The molecule has 2 aromatic rings. The minimum absolute atomic E-state index is 0.0507. The summed E-state index contributed by atoms with van der Waals surface area (Å²) in [6.07, 6.45) is 0.211. The summed E-state index contributed by atoms with van der Waals surface area (Å²) in [6.45, 7) is 4.06. The highest BCUT2D eigenvalue weighted by Crippen LogP contribution is 2.30. The molecule has 118 valence electrons. The molecule has 1 heterocycles. The van der Waals surface area contributed by atoms with Crippen molar-refractivity contribution in [3.8, 4) is 5.75 Å². The van der Waals surface area contributed by atoms with E-state index in [-0.39, 0.29) is 17.2 Å². The zero-order valence-electron chi connectivity index (χ0n) is 12.6. The van der Waals surface area contributed by atoms with Crippen LogP contribution in [0.25, 0.3) is 0 Å². The number of benzene rings is 1. The zero-order valence-corrected chi connectivity index (χ0v) is 14.2. The molecule has 7 heteroatoms. The molecule has 1 aromatic heterocycles. The lowest BCUT2D eigenvalue weighted by atomic mass is 10.2. The predicted molar refractivity (Wildman–Crippen MR) is 89.3 cm³/mol. The first-order chi connectivity index (χ1) is 10.4. The van der Waals surface area contributed by atoms with Crippen molar-refractivity contribution in [2.75, 3.05) is 12.4 Å². The van der Waals surface area contributed by atoms with Gasteiger partial charge in [-0.2, -0.15) is 0 Å². The van der Waals surface area contributed by atoms with Gasteiger partial charge in [-0.05, 0) is 25.5 Å². The van der Waals surface area contributed by atoms with Crippen LogP contribution < -0.4 is 14.9 Å². The fourth-order valence-electron chi connectivity index (χ4n) is 2.03. The van der Waals surface area contributed by atoms with Gasteiger partial charge in [0.15, 0.2) is 0 Å². The second-order valence-electron chi connectivity index (χ2n) is 4.89. The molecule has 1 aromatic carbocycles. The molecule has 0 atom stereocenters. The number of ether oxygens (including phenoxy) is 1. The van der Waals surface area contributed by atoms with Crippen LogP contribution in [-0.2, 0) is 11.3 Å². The van der Waals surface area contributed by atoms with Crippen LogP contribution in [0.4, 0.5) is 5.69 Å². The molecule has 2 rings (SSSR count). The summed E-state index contributed by atoms with van der Waals surface area (Å²) < 4.78 is 6.81. The summed E-state index contributed by atoms with van der Waals surface area (Å²) in [6, 6.07) is 3.43. The van der Waals surface area contributed by atoms with Crippen molar-refractivity contribution < 1.29 is 9.53 Å². The number of halogens is 1. The van der Waals surface area contributed by atoms with Crippen LogP contribution in [0.1, 0.15) is 17.7 Å². The molecule has 0 bridgehead atoms. The molecule has 0 aliphatic rings. The Balaban J connectivity index is 2.06. The lowest BCUT2D eigenvalue weighted by Crippen LogP contribution is -2.20. The van der Waals surface area contributed by atoms with Crippen molar-refractivity contribution in [2.24, 2.45) is 0 Å². The largest absolute Gasteiger partial charge is 0.495 e. The first-order valence-corrected chi connectivity index (χ1v) is 7.97. The van der Waals surface area contributed by atoms with E-state index < -0.39 is 0 Å². The van der Waals surface area contributed by atoms with Crippen LogP contribution in [0.5, 0.6) is 5.75 Å². The number of carbonyl (C=O) groups excluding carboxylic acids is 1. The molecule has 0 spiro atoms. The van der Waals surface area contributed by atoms with Gasteiger partial charge in [0.05, 0.1) is 12.8 Å². The maximum atomic E-state index is 12.1. The average Bonchev–Trinajstić information content (AvgIpc) is 2.79. The maximum absolute atomic E-state index is 12.1. The van der Waals surface area contributed by atoms with E-state index in [0.29, 0.717) is 23.0 Å². The number of methoxy groups -OCH3 is 1. The van der Waals surface area contributed by atoms with E-state index in [2.05, 4.69) is 5.32 Å². The van der Waals surface area contributed by atoms with Gasteiger partial charge in [-0.15, -0.1) is 0 Å². The number of thiazole rings is 1. The zero-order chi connectivity index (χ0) is 16.3. The molecule has 0 saturated heterocycles. The Morgan fingerprint density at radius 2 is 2.14 bits per heavy atom. The van der Waals surface area contributed by atoms with E-state index >= 15 is 0 Å². The summed E-state index contributed by atoms with van der Waals surface area (Å²) in [5.74, 6) is 0.324. The molecule has 0 fully saturated rings. The minimum Gasteiger partial charge on any atom is -0.495 e. The summed E-state index contributed by atoms with van der Waals surface area (Å²) in [7, 11) is 1.52. The number of carbonyl (C=O) groups is 1. The van der Waals surface area contributed by atoms with Crippen LogP contribution in [0.15, 0.2) is 22.3 Å². The average molecular weight is 341 g/mol. The van der Waals surface area contributed by atoms with Crippen molar-refractivity contribution >= 4 is 34.5 Å². The quantitative estimate of drug-likeness (QED) is 0.909. The van der Waals surface area contributed by atoms with E-state index in [1.54, 1.807) is 22.1 Å². The Morgan fingerprint density at radius 3 is 2.73 bits per heavy atom. The van der Waals surface area contributed by atoms with Crippen molar-refractivity contribution in [1.29, 1.82) is 0 Å². The molecular weight excluding hydrogens is 324 g/mol. The fraction of sp³-hybridized carbons (Fsp3) is 0.333. The topological polar surface area (TPSA) is 60.3 Å². The van der Waals surface area contributed by atoms with E-state index in [1.165, 1.54) is 7.11 Å². The monoisotopic (exact) mass is 340 g/mol. The molecule has 22 heavy (non-hydrogen) atoms. The van der Waals surface area contributed by atoms with Gasteiger partial charge in [0, 0.05) is 35.1 Å². The molecule has 0 saturated carbocycles. The van der Waals surface area contributed by atoms with Gasteiger partial charge < -0.3 is 14.6 Å². The number of amides is 1. The molecule has 0 aliphatic carbocycles. The van der Waals surface area contributed by atoms with Crippen LogP contribution in [0.2, 0.25) is 5.02 Å². The van der Waals surface area contributed by atoms with Gasteiger partial charge in [-0.25, -0.2) is 0 Å². The summed E-state index contributed by atoms with van der Waals surface area (Å²) in [5, 5.41) is 5.16. The summed E-state index contributed by atoms with van der Waals surface area (Å²) in [5.41, 5.74) is 2.29. The Bertz CT molecular complexity index is 752. The normalized spacial score (nSPS) is 10.5. The number of hydrogen-bond acceptors (Lipinski definition) is 4. The number of rotatable bonds is 5. The highest BCUT2D eigenvalue weighted by Gasteiger charge is 2.11.